The van der Waals surface area contributed by atoms with E-state index in [0.717, 1.165) is 44.5 Å². The van der Waals surface area contributed by atoms with Gasteiger partial charge in [0.25, 0.3) is 0 Å². The molecule has 5 rings (SSSR count). The summed E-state index contributed by atoms with van der Waals surface area (Å²) < 4.78 is 0. The standard InChI is InChI=1S/C28H20N4/c29-27-16-25(21-7-1-5-19(13-21)23-9-3-11-31-17-23)15-26(28(27)30)22-8-2-6-20(14-22)24-10-4-12-32-18-24/h1-18,29-30H. The molecule has 0 spiro atoms. The summed E-state index contributed by atoms with van der Waals surface area (Å²) >= 11 is 0. The van der Waals surface area contributed by atoms with E-state index in [9.17, 15) is 0 Å². The van der Waals surface area contributed by atoms with Crippen LogP contribution in [0.15, 0.2) is 110 Å². The second kappa shape index (κ2) is 8.36. The number of rotatable bonds is 4. The molecule has 0 aliphatic heterocycles. The molecular formula is C28H20N4. The van der Waals surface area contributed by atoms with Gasteiger partial charge in [-0.15, -0.1) is 0 Å². The average Bonchev–Trinajstić information content (AvgIpc) is 2.87. The minimum absolute atomic E-state index is 0.205. The van der Waals surface area contributed by atoms with E-state index in [1.165, 1.54) is 0 Å². The van der Waals surface area contributed by atoms with Crippen LogP contribution in [-0.2, 0) is 0 Å². The van der Waals surface area contributed by atoms with Gasteiger partial charge in [0.15, 0.2) is 0 Å². The van der Waals surface area contributed by atoms with Gasteiger partial charge in [-0.3, -0.25) is 20.8 Å². The van der Waals surface area contributed by atoms with Crippen molar-refractivity contribution in [1.29, 1.82) is 10.8 Å². The fourth-order valence-electron chi connectivity index (χ4n) is 3.85. The Hall–Kier alpha value is -4.44. The quantitative estimate of drug-likeness (QED) is 0.384. The molecule has 2 heterocycles. The molecule has 0 bridgehead atoms. The van der Waals surface area contributed by atoms with Crippen molar-refractivity contribution in [1.82, 2.24) is 9.97 Å². The molecule has 32 heavy (non-hydrogen) atoms. The SMILES string of the molecule is N=C1C=C(c2cccc(-c3cccnc3)c2)C=C(c2cccc(-c3cccnc3)c2)C1=N. The molecule has 1 aliphatic carbocycles. The number of allylic oxidation sites excluding steroid dienone is 4. The molecule has 4 nitrogen and oxygen atoms in total. The first-order chi connectivity index (χ1) is 15.7. The smallest absolute Gasteiger partial charge is 0.0867 e. The zero-order valence-electron chi connectivity index (χ0n) is 17.3. The Labute approximate surface area is 186 Å². The zero-order chi connectivity index (χ0) is 21.9. The molecular weight excluding hydrogens is 392 g/mol. The summed E-state index contributed by atoms with van der Waals surface area (Å²) in [6, 6.07) is 24.2. The third-order valence-electron chi connectivity index (χ3n) is 5.50. The fourth-order valence-corrected chi connectivity index (χ4v) is 3.85. The van der Waals surface area contributed by atoms with Gasteiger partial charge in [-0.1, -0.05) is 48.5 Å². The highest BCUT2D eigenvalue weighted by Crippen LogP contribution is 2.32. The number of hydrogen-bond acceptors (Lipinski definition) is 4. The van der Waals surface area contributed by atoms with Crippen molar-refractivity contribution in [2.75, 3.05) is 0 Å². The van der Waals surface area contributed by atoms with E-state index < -0.39 is 0 Å². The maximum absolute atomic E-state index is 8.54. The van der Waals surface area contributed by atoms with Gasteiger partial charge in [0.05, 0.1) is 11.4 Å². The van der Waals surface area contributed by atoms with Crippen LogP contribution in [0.1, 0.15) is 11.1 Å². The van der Waals surface area contributed by atoms with Crippen molar-refractivity contribution < 1.29 is 0 Å². The highest BCUT2D eigenvalue weighted by molar-refractivity contribution is 6.61. The Balaban J connectivity index is 1.56. The van der Waals surface area contributed by atoms with E-state index in [1.807, 2.05) is 73.1 Å². The summed E-state index contributed by atoms with van der Waals surface area (Å²) in [4.78, 5) is 8.43. The van der Waals surface area contributed by atoms with Crippen LogP contribution in [0.2, 0.25) is 0 Å². The lowest BCUT2D eigenvalue weighted by Gasteiger charge is -2.18. The van der Waals surface area contributed by atoms with Crippen LogP contribution < -0.4 is 0 Å². The molecule has 0 saturated heterocycles. The van der Waals surface area contributed by atoms with E-state index in [1.54, 1.807) is 18.5 Å². The van der Waals surface area contributed by atoms with Crippen molar-refractivity contribution in [2.45, 2.75) is 0 Å². The summed E-state index contributed by atoms with van der Waals surface area (Å²) in [5.41, 5.74) is 8.16. The van der Waals surface area contributed by atoms with Crippen LogP contribution in [0.4, 0.5) is 0 Å². The van der Waals surface area contributed by atoms with E-state index in [-0.39, 0.29) is 11.4 Å². The van der Waals surface area contributed by atoms with Crippen LogP contribution in [0.5, 0.6) is 0 Å². The summed E-state index contributed by atoms with van der Waals surface area (Å²) in [6.45, 7) is 0. The topological polar surface area (TPSA) is 73.5 Å². The Morgan fingerprint density at radius 1 is 0.531 bits per heavy atom. The van der Waals surface area contributed by atoms with E-state index in [4.69, 9.17) is 10.8 Å². The van der Waals surface area contributed by atoms with Crippen LogP contribution in [0, 0.1) is 10.8 Å². The third kappa shape index (κ3) is 3.82. The fraction of sp³-hybridized carbons (Fsp3) is 0. The first-order valence-electron chi connectivity index (χ1n) is 10.3. The molecule has 0 atom stereocenters. The summed E-state index contributed by atoms with van der Waals surface area (Å²) in [5, 5.41) is 17.0. The van der Waals surface area contributed by atoms with Crippen molar-refractivity contribution in [2.24, 2.45) is 0 Å². The van der Waals surface area contributed by atoms with E-state index in [2.05, 4.69) is 28.2 Å². The van der Waals surface area contributed by atoms with Crippen molar-refractivity contribution in [3.63, 3.8) is 0 Å². The Morgan fingerprint density at radius 2 is 1.06 bits per heavy atom. The lowest BCUT2D eigenvalue weighted by atomic mass is 9.87. The molecule has 1 aliphatic rings. The monoisotopic (exact) mass is 412 g/mol. The first-order valence-corrected chi connectivity index (χ1v) is 10.3. The van der Waals surface area contributed by atoms with Gasteiger partial charge in [0.1, 0.15) is 0 Å². The van der Waals surface area contributed by atoms with Gasteiger partial charge in [-0.05, 0) is 64.2 Å². The van der Waals surface area contributed by atoms with Gasteiger partial charge >= 0.3 is 0 Å². The normalized spacial score (nSPS) is 13.5. The van der Waals surface area contributed by atoms with Crippen molar-refractivity contribution >= 4 is 22.6 Å². The Morgan fingerprint density at radius 3 is 1.66 bits per heavy atom. The second-order valence-corrected chi connectivity index (χ2v) is 7.59. The summed E-state index contributed by atoms with van der Waals surface area (Å²) in [6.07, 6.45) is 11.0. The minimum Gasteiger partial charge on any atom is -0.299 e. The average molecular weight is 412 g/mol. The number of nitrogens with zero attached hydrogens (tertiary/aromatic N) is 2. The number of aromatic nitrogens is 2. The molecule has 2 N–H and O–H groups in total. The zero-order valence-corrected chi connectivity index (χ0v) is 17.3. The summed E-state index contributed by atoms with van der Waals surface area (Å²) in [7, 11) is 0. The highest BCUT2D eigenvalue weighted by Gasteiger charge is 2.19. The van der Waals surface area contributed by atoms with Crippen molar-refractivity contribution in [3.05, 3.63) is 121 Å². The molecule has 0 saturated carbocycles. The number of pyridine rings is 2. The van der Waals surface area contributed by atoms with Gasteiger partial charge in [0, 0.05) is 41.5 Å². The van der Waals surface area contributed by atoms with Gasteiger partial charge in [-0.2, -0.15) is 0 Å². The molecule has 0 radical (unpaired) electrons. The van der Waals surface area contributed by atoms with Crippen LogP contribution in [0.25, 0.3) is 33.4 Å². The predicted molar refractivity (Wildman–Crippen MR) is 131 cm³/mol. The molecule has 4 heteroatoms. The van der Waals surface area contributed by atoms with Gasteiger partial charge in [-0.25, -0.2) is 0 Å². The molecule has 2 aromatic carbocycles. The van der Waals surface area contributed by atoms with Crippen LogP contribution in [0.3, 0.4) is 0 Å². The third-order valence-corrected chi connectivity index (χ3v) is 5.50. The van der Waals surface area contributed by atoms with Gasteiger partial charge in [0.2, 0.25) is 0 Å². The largest absolute Gasteiger partial charge is 0.299 e. The molecule has 0 amide bonds. The predicted octanol–water partition coefficient (Wildman–Crippen LogP) is 6.33. The van der Waals surface area contributed by atoms with E-state index in [0.29, 0.717) is 0 Å². The maximum Gasteiger partial charge on any atom is 0.0867 e. The Bertz CT molecular complexity index is 1380. The van der Waals surface area contributed by atoms with Crippen molar-refractivity contribution in [3.8, 4) is 22.3 Å². The molecule has 0 fully saturated rings. The van der Waals surface area contributed by atoms with E-state index >= 15 is 0 Å². The molecule has 2 aromatic heterocycles. The second-order valence-electron chi connectivity index (χ2n) is 7.59. The highest BCUT2D eigenvalue weighted by atomic mass is 14.6. The molecule has 0 unspecified atom stereocenters. The number of benzene rings is 2. The molecule has 4 aromatic rings. The lowest BCUT2D eigenvalue weighted by Crippen LogP contribution is -2.15. The Kier molecular flexibility index (Phi) is 5.10. The first kappa shape index (κ1) is 19.5. The van der Waals surface area contributed by atoms with Crippen LogP contribution >= 0.6 is 0 Å². The molecule has 152 valence electrons. The van der Waals surface area contributed by atoms with Crippen LogP contribution in [-0.4, -0.2) is 21.4 Å². The lowest BCUT2D eigenvalue weighted by molar-refractivity contribution is 1.33. The number of hydrogen-bond donors (Lipinski definition) is 2. The maximum atomic E-state index is 8.54. The van der Waals surface area contributed by atoms with Gasteiger partial charge < -0.3 is 0 Å². The minimum atomic E-state index is 0.205. The summed E-state index contributed by atoms with van der Waals surface area (Å²) in [5.74, 6) is 0. The number of nitrogens with one attached hydrogen (secondary N) is 2.